The molecular formula is C25H32N2O3S. The zero-order valence-electron chi connectivity index (χ0n) is 18.6. The van der Waals surface area contributed by atoms with Crippen LogP contribution in [0.3, 0.4) is 0 Å². The van der Waals surface area contributed by atoms with Crippen LogP contribution in [0.1, 0.15) is 77.2 Å². The zero-order valence-corrected chi connectivity index (χ0v) is 19.5. The van der Waals surface area contributed by atoms with Gasteiger partial charge in [-0.25, -0.2) is 4.79 Å². The predicted molar refractivity (Wildman–Crippen MR) is 126 cm³/mol. The van der Waals surface area contributed by atoms with Gasteiger partial charge in [-0.05, 0) is 62.1 Å². The van der Waals surface area contributed by atoms with Crippen molar-refractivity contribution < 1.29 is 14.3 Å². The molecule has 2 N–H and O–H groups in total. The van der Waals surface area contributed by atoms with Crippen LogP contribution in [0, 0.1) is 5.41 Å². The SMILES string of the molecule is CC1=C(C(=O)OC2CCCCC2)C(c2ccc(NS)cc2)C2=C(CC(C)(C)CC2=O)N1. The van der Waals surface area contributed by atoms with Crippen molar-refractivity contribution in [2.24, 2.45) is 5.41 Å². The lowest BCUT2D eigenvalue weighted by Crippen LogP contribution is -2.39. The summed E-state index contributed by atoms with van der Waals surface area (Å²) in [6, 6.07) is 7.77. The van der Waals surface area contributed by atoms with Crippen molar-refractivity contribution in [1.29, 1.82) is 0 Å². The van der Waals surface area contributed by atoms with E-state index in [1.54, 1.807) is 0 Å². The molecular weight excluding hydrogens is 408 g/mol. The van der Waals surface area contributed by atoms with E-state index in [4.69, 9.17) is 4.74 Å². The number of Topliss-reactive ketones (excluding diaryl/α,β-unsaturated/α-hetero) is 1. The molecule has 1 atom stereocenters. The van der Waals surface area contributed by atoms with Crippen molar-refractivity contribution in [1.82, 2.24) is 5.32 Å². The van der Waals surface area contributed by atoms with E-state index < -0.39 is 5.92 Å². The first-order chi connectivity index (χ1) is 14.8. The molecule has 1 saturated carbocycles. The summed E-state index contributed by atoms with van der Waals surface area (Å²) < 4.78 is 8.79. The van der Waals surface area contributed by atoms with Crippen LogP contribution < -0.4 is 10.0 Å². The van der Waals surface area contributed by atoms with Gasteiger partial charge in [0.25, 0.3) is 0 Å². The van der Waals surface area contributed by atoms with E-state index in [1.807, 2.05) is 31.2 Å². The first-order valence-corrected chi connectivity index (χ1v) is 11.7. The summed E-state index contributed by atoms with van der Waals surface area (Å²) in [5.41, 5.74) is 4.67. The Kier molecular flexibility index (Phi) is 6.20. The maximum Gasteiger partial charge on any atom is 0.337 e. The largest absolute Gasteiger partial charge is 0.459 e. The standard InChI is InChI=1S/C25H32N2O3S/c1-15-21(24(29)30-18-7-5-4-6-8-18)22(16-9-11-17(27-31)12-10-16)23-19(26-15)13-25(2,3)14-20(23)28/h9-12,18,22,26-27,31H,4-8,13-14H2,1-3H3. The Balaban J connectivity index is 1.75. The maximum atomic E-state index is 13.4. The minimum atomic E-state index is -0.412. The first-order valence-electron chi connectivity index (χ1n) is 11.2. The van der Waals surface area contributed by atoms with Gasteiger partial charge in [-0.15, -0.1) is 0 Å². The van der Waals surface area contributed by atoms with Crippen LogP contribution in [0.25, 0.3) is 0 Å². The first kappa shape index (κ1) is 22.0. The van der Waals surface area contributed by atoms with E-state index in [1.165, 1.54) is 6.42 Å². The van der Waals surface area contributed by atoms with Gasteiger partial charge in [-0.3, -0.25) is 4.79 Å². The van der Waals surface area contributed by atoms with Crippen molar-refractivity contribution in [2.45, 2.75) is 77.7 Å². The van der Waals surface area contributed by atoms with Crippen molar-refractivity contribution in [3.05, 3.63) is 52.4 Å². The van der Waals surface area contributed by atoms with Crippen LogP contribution in [-0.2, 0) is 14.3 Å². The van der Waals surface area contributed by atoms with Crippen LogP contribution in [0.4, 0.5) is 5.69 Å². The fourth-order valence-electron chi connectivity index (χ4n) is 5.19. The molecule has 1 unspecified atom stereocenters. The van der Waals surface area contributed by atoms with Crippen LogP contribution in [0.15, 0.2) is 46.8 Å². The van der Waals surface area contributed by atoms with Gasteiger partial charge >= 0.3 is 5.97 Å². The van der Waals surface area contributed by atoms with E-state index >= 15 is 0 Å². The number of thiol groups is 1. The lowest BCUT2D eigenvalue weighted by molar-refractivity contribution is -0.146. The number of esters is 1. The Bertz CT molecular complexity index is 940. The fourth-order valence-corrected chi connectivity index (χ4v) is 5.34. The summed E-state index contributed by atoms with van der Waals surface area (Å²) in [6.45, 7) is 6.15. The quantitative estimate of drug-likeness (QED) is 0.431. The minimum Gasteiger partial charge on any atom is -0.459 e. The molecule has 2 aliphatic carbocycles. The van der Waals surface area contributed by atoms with E-state index in [9.17, 15) is 9.59 Å². The summed E-state index contributed by atoms with van der Waals surface area (Å²) in [5, 5.41) is 3.41. The highest BCUT2D eigenvalue weighted by Crippen LogP contribution is 2.47. The third-order valence-corrected chi connectivity index (χ3v) is 6.92. The molecule has 1 aromatic carbocycles. The average molecular weight is 441 g/mol. The monoisotopic (exact) mass is 440 g/mol. The van der Waals surface area contributed by atoms with E-state index in [0.717, 1.165) is 54.7 Å². The molecule has 1 heterocycles. The van der Waals surface area contributed by atoms with Crippen LogP contribution >= 0.6 is 12.8 Å². The number of hydrogen-bond acceptors (Lipinski definition) is 6. The zero-order chi connectivity index (χ0) is 22.2. The molecule has 31 heavy (non-hydrogen) atoms. The molecule has 6 heteroatoms. The van der Waals surface area contributed by atoms with Gasteiger partial charge in [-0.2, -0.15) is 0 Å². The second-order valence-electron chi connectivity index (χ2n) is 9.83. The summed E-state index contributed by atoms with van der Waals surface area (Å²) in [7, 11) is 0. The molecule has 4 rings (SSSR count). The van der Waals surface area contributed by atoms with Crippen molar-refractivity contribution in [2.75, 3.05) is 4.72 Å². The fraction of sp³-hybridized carbons (Fsp3) is 0.520. The highest BCUT2D eigenvalue weighted by Gasteiger charge is 2.43. The van der Waals surface area contributed by atoms with Gasteiger partial charge < -0.3 is 14.8 Å². The lowest BCUT2D eigenvalue weighted by Gasteiger charge is -2.39. The number of ketones is 1. The highest BCUT2D eigenvalue weighted by atomic mass is 32.1. The molecule has 5 nitrogen and oxygen atoms in total. The van der Waals surface area contributed by atoms with Crippen molar-refractivity contribution in [3.63, 3.8) is 0 Å². The molecule has 0 radical (unpaired) electrons. The number of carbonyl (C=O) groups is 2. The van der Waals surface area contributed by atoms with Crippen LogP contribution in [0.2, 0.25) is 0 Å². The predicted octanol–water partition coefficient (Wildman–Crippen LogP) is 5.42. The Morgan fingerprint density at radius 2 is 1.81 bits per heavy atom. The molecule has 0 aromatic heterocycles. The normalized spacial score (nSPS) is 23.9. The maximum absolute atomic E-state index is 13.4. The topological polar surface area (TPSA) is 67.4 Å². The minimum absolute atomic E-state index is 0.0330. The summed E-state index contributed by atoms with van der Waals surface area (Å²) in [4.78, 5) is 26.7. The lowest BCUT2D eigenvalue weighted by atomic mass is 9.68. The van der Waals surface area contributed by atoms with Crippen LogP contribution in [-0.4, -0.2) is 17.9 Å². The Hall–Kier alpha value is -2.21. The molecule has 1 aliphatic heterocycles. The Labute approximate surface area is 190 Å². The third kappa shape index (κ3) is 4.54. The number of hydrogen-bond donors (Lipinski definition) is 3. The average Bonchev–Trinajstić information content (AvgIpc) is 2.72. The van der Waals surface area contributed by atoms with Crippen molar-refractivity contribution in [3.8, 4) is 0 Å². The van der Waals surface area contributed by atoms with E-state index in [0.29, 0.717) is 17.6 Å². The summed E-state index contributed by atoms with van der Waals surface area (Å²) in [5.74, 6) is -0.608. The number of benzene rings is 1. The molecule has 0 amide bonds. The van der Waals surface area contributed by atoms with Crippen molar-refractivity contribution >= 4 is 30.3 Å². The van der Waals surface area contributed by atoms with E-state index in [-0.39, 0.29) is 23.3 Å². The van der Waals surface area contributed by atoms with Gasteiger partial charge in [0.15, 0.2) is 5.78 Å². The number of nitrogens with one attached hydrogen (secondary N) is 2. The third-order valence-electron chi connectivity index (χ3n) is 6.66. The molecule has 1 fully saturated rings. The summed E-state index contributed by atoms with van der Waals surface area (Å²) >= 11 is 4.11. The van der Waals surface area contributed by atoms with Gasteiger partial charge in [0, 0.05) is 35.0 Å². The Morgan fingerprint density at radius 3 is 2.45 bits per heavy atom. The number of anilines is 1. The summed E-state index contributed by atoms with van der Waals surface area (Å²) in [6.07, 6.45) is 6.45. The van der Waals surface area contributed by atoms with Crippen LogP contribution in [0.5, 0.6) is 0 Å². The number of allylic oxidation sites excluding steroid dienone is 3. The van der Waals surface area contributed by atoms with Gasteiger partial charge in [-0.1, -0.05) is 45.2 Å². The number of rotatable bonds is 4. The molecule has 166 valence electrons. The Morgan fingerprint density at radius 1 is 1.13 bits per heavy atom. The number of ether oxygens (including phenoxy) is 1. The molecule has 0 spiro atoms. The van der Waals surface area contributed by atoms with E-state index in [2.05, 4.69) is 36.7 Å². The smallest absolute Gasteiger partial charge is 0.337 e. The van der Waals surface area contributed by atoms with Gasteiger partial charge in [0.2, 0.25) is 0 Å². The number of carbonyl (C=O) groups excluding carboxylic acids is 2. The second kappa shape index (κ2) is 8.73. The molecule has 1 aromatic rings. The highest BCUT2D eigenvalue weighted by molar-refractivity contribution is 7.81. The molecule has 0 bridgehead atoms. The van der Waals surface area contributed by atoms with Gasteiger partial charge in [0.05, 0.1) is 5.57 Å². The van der Waals surface area contributed by atoms with Gasteiger partial charge in [0.1, 0.15) is 6.10 Å². The molecule has 0 saturated heterocycles. The molecule has 3 aliphatic rings. The number of dihydropyridines is 1. The second-order valence-corrected chi connectivity index (χ2v) is 10.1.